The average molecular weight is 417 g/mol. The van der Waals surface area contributed by atoms with Gasteiger partial charge in [-0.2, -0.15) is 0 Å². The Morgan fingerprint density at radius 2 is 1.35 bits per heavy atom. The van der Waals surface area contributed by atoms with Crippen LogP contribution >= 0.6 is 15.9 Å². The Balaban J connectivity index is 2.01. The number of sulfonamides is 2. The summed E-state index contributed by atoms with van der Waals surface area (Å²) >= 11 is 3.20. The van der Waals surface area contributed by atoms with Crippen LogP contribution in [0.3, 0.4) is 0 Å². The molecule has 0 aliphatic carbocycles. The molecule has 10 heteroatoms. The second-order valence-electron chi connectivity index (χ2n) is 4.60. The van der Waals surface area contributed by atoms with Crippen molar-refractivity contribution >= 4 is 41.9 Å². The molecule has 0 saturated heterocycles. The topological polar surface area (TPSA) is 101 Å². The number of fused-ring (bicyclic) bond motifs is 1. The Morgan fingerprint density at radius 3 is 1.83 bits per heavy atom. The third-order valence-electron chi connectivity index (χ3n) is 3.14. The van der Waals surface area contributed by atoms with Gasteiger partial charge in [-0.1, -0.05) is 28.1 Å². The highest BCUT2D eigenvalue weighted by atomic mass is 79.9. The molecular weight excluding hydrogens is 408 g/mol. The molecule has 0 saturated carbocycles. The number of carbonyl (C=O) groups excluding carboxylic acids is 1. The molecule has 120 valence electrons. The lowest BCUT2D eigenvalue weighted by Gasteiger charge is -2.14. The Morgan fingerprint density at radius 1 is 0.870 bits per heavy atom. The number of carbonyl (C=O) groups is 1. The van der Waals surface area contributed by atoms with Gasteiger partial charge in [0.1, 0.15) is 9.79 Å². The highest BCUT2D eigenvalue weighted by Crippen LogP contribution is 2.34. The molecule has 7 nitrogen and oxygen atoms in total. The van der Waals surface area contributed by atoms with Gasteiger partial charge in [-0.25, -0.2) is 16.8 Å². The fourth-order valence-corrected chi connectivity index (χ4v) is 6.37. The SMILES string of the molecule is O=C(NN1S(=O)(=O)c2ccccc2S1(=O)=O)c1ccc(Br)cc1. The van der Waals surface area contributed by atoms with Crippen LogP contribution in [0.1, 0.15) is 10.4 Å². The number of amides is 1. The quantitative estimate of drug-likeness (QED) is 0.798. The molecule has 0 spiro atoms. The number of nitrogens with one attached hydrogen (secondary N) is 1. The second-order valence-corrected chi connectivity index (χ2v) is 9.26. The van der Waals surface area contributed by atoms with Crippen molar-refractivity contribution in [3.05, 3.63) is 58.6 Å². The van der Waals surface area contributed by atoms with Crippen LogP contribution in [-0.4, -0.2) is 26.6 Å². The van der Waals surface area contributed by atoms with Gasteiger partial charge in [0.05, 0.1) is 0 Å². The van der Waals surface area contributed by atoms with Crippen molar-refractivity contribution in [2.75, 3.05) is 0 Å². The molecule has 1 aliphatic heterocycles. The lowest BCUT2D eigenvalue weighted by atomic mass is 10.2. The minimum Gasteiger partial charge on any atom is -0.268 e. The van der Waals surface area contributed by atoms with Crippen molar-refractivity contribution in [2.45, 2.75) is 9.79 Å². The van der Waals surface area contributed by atoms with E-state index in [1.807, 2.05) is 5.43 Å². The third-order valence-corrected chi connectivity index (χ3v) is 7.86. The average Bonchev–Trinajstić information content (AvgIpc) is 2.66. The first-order valence-electron chi connectivity index (χ1n) is 6.21. The summed E-state index contributed by atoms with van der Waals surface area (Å²) in [6.07, 6.45) is 0. The summed E-state index contributed by atoms with van der Waals surface area (Å²) < 4.78 is 50.1. The summed E-state index contributed by atoms with van der Waals surface area (Å²) in [6, 6.07) is 11.2. The fraction of sp³-hybridized carbons (Fsp3) is 0. The van der Waals surface area contributed by atoms with E-state index in [-0.39, 0.29) is 19.2 Å². The van der Waals surface area contributed by atoms with E-state index in [4.69, 9.17) is 0 Å². The molecule has 0 fully saturated rings. The molecule has 23 heavy (non-hydrogen) atoms. The zero-order chi connectivity index (χ0) is 16.8. The predicted molar refractivity (Wildman–Crippen MR) is 84.3 cm³/mol. The van der Waals surface area contributed by atoms with E-state index in [9.17, 15) is 21.6 Å². The van der Waals surface area contributed by atoms with Crippen LogP contribution in [0.15, 0.2) is 62.8 Å². The van der Waals surface area contributed by atoms with Crippen molar-refractivity contribution in [3.8, 4) is 0 Å². The number of halogens is 1. The zero-order valence-corrected chi connectivity index (χ0v) is 14.5. The largest absolute Gasteiger partial charge is 0.275 e. The minimum atomic E-state index is -4.36. The molecule has 0 bridgehead atoms. The van der Waals surface area contributed by atoms with E-state index in [2.05, 4.69) is 15.9 Å². The molecule has 2 aromatic rings. The van der Waals surface area contributed by atoms with Crippen LogP contribution in [0.2, 0.25) is 0 Å². The van der Waals surface area contributed by atoms with Gasteiger partial charge in [-0.3, -0.25) is 10.2 Å². The molecule has 0 radical (unpaired) electrons. The maximum Gasteiger partial charge on any atom is 0.275 e. The molecule has 3 rings (SSSR count). The Labute approximate surface area is 141 Å². The first-order valence-corrected chi connectivity index (χ1v) is 9.88. The molecule has 0 atom stereocenters. The molecule has 1 aliphatic rings. The summed E-state index contributed by atoms with van der Waals surface area (Å²) in [5.41, 5.74) is 2.07. The molecule has 1 amide bonds. The number of hydrogen-bond acceptors (Lipinski definition) is 5. The van der Waals surface area contributed by atoms with Gasteiger partial charge >= 0.3 is 0 Å². The molecule has 2 aromatic carbocycles. The van der Waals surface area contributed by atoms with Crippen LogP contribution in [0.4, 0.5) is 0 Å². The van der Waals surface area contributed by atoms with E-state index in [0.717, 1.165) is 4.47 Å². The first-order chi connectivity index (χ1) is 10.7. The van der Waals surface area contributed by atoms with E-state index >= 15 is 0 Å². The number of hydrazine groups is 1. The molecule has 0 aromatic heterocycles. The van der Waals surface area contributed by atoms with Gasteiger partial charge in [0.15, 0.2) is 0 Å². The van der Waals surface area contributed by atoms with Crippen LogP contribution < -0.4 is 5.43 Å². The van der Waals surface area contributed by atoms with Crippen LogP contribution in [0, 0.1) is 0 Å². The second kappa shape index (κ2) is 5.41. The number of rotatable bonds is 2. The monoisotopic (exact) mass is 416 g/mol. The summed E-state index contributed by atoms with van der Waals surface area (Å²) in [7, 11) is -8.72. The maximum absolute atomic E-state index is 12.3. The Bertz CT molecular complexity index is 948. The highest BCUT2D eigenvalue weighted by Gasteiger charge is 2.48. The predicted octanol–water partition coefficient (Wildman–Crippen LogP) is 1.49. The maximum atomic E-state index is 12.3. The van der Waals surface area contributed by atoms with Crippen molar-refractivity contribution in [1.29, 1.82) is 0 Å². The fourth-order valence-electron chi connectivity index (χ4n) is 2.05. The summed E-state index contributed by atoms with van der Waals surface area (Å²) in [5, 5.41) is 0. The van der Waals surface area contributed by atoms with Crippen LogP contribution in [0.5, 0.6) is 0 Å². The van der Waals surface area contributed by atoms with Gasteiger partial charge in [-0.05, 0) is 36.4 Å². The summed E-state index contributed by atoms with van der Waals surface area (Å²) in [6.45, 7) is 0. The van der Waals surface area contributed by atoms with E-state index in [1.165, 1.54) is 36.4 Å². The third kappa shape index (κ3) is 2.57. The van der Waals surface area contributed by atoms with Crippen molar-refractivity contribution in [1.82, 2.24) is 9.25 Å². The van der Waals surface area contributed by atoms with E-state index < -0.39 is 26.0 Å². The lowest BCUT2D eigenvalue weighted by molar-refractivity contribution is 0.0915. The summed E-state index contributed by atoms with van der Waals surface area (Å²) in [4.78, 5) is 11.4. The van der Waals surface area contributed by atoms with Crippen LogP contribution in [0.25, 0.3) is 0 Å². The normalized spacial score (nSPS) is 18.3. The Hall–Kier alpha value is -1.75. The van der Waals surface area contributed by atoms with Gasteiger partial charge < -0.3 is 0 Å². The van der Waals surface area contributed by atoms with E-state index in [0.29, 0.717) is 0 Å². The van der Waals surface area contributed by atoms with Crippen molar-refractivity contribution < 1.29 is 21.6 Å². The number of benzene rings is 2. The minimum absolute atomic E-state index is 0.00897. The smallest absolute Gasteiger partial charge is 0.268 e. The number of nitrogens with zero attached hydrogens (tertiary/aromatic N) is 1. The zero-order valence-electron chi connectivity index (χ0n) is 11.3. The Kier molecular flexibility index (Phi) is 3.79. The van der Waals surface area contributed by atoms with Gasteiger partial charge in [-0.15, -0.1) is 0 Å². The van der Waals surface area contributed by atoms with Gasteiger partial charge in [0.25, 0.3) is 26.0 Å². The van der Waals surface area contributed by atoms with Crippen LogP contribution in [-0.2, 0) is 20.0 Å². The van der Waals surface area contributed by atoms with E-state index in [1.54, 1.807) is 12.1 Å². The molecule has 0 unspecified atom stereocenters. The standard InChI is InChI=1S/C13H9BrN2O5S2/c14-10-7-5-9(6-8-10)13(17)15-16-22(18,19)11-3-1-2-4-12(11)23(16,20)21/h1-8H,(H,15,17). The lowest BCUT2D eigenvalue weighted by Crippen LogP contribution is -2.45. The first kappa shape index (κ1) is 16.1. The molecule has 1 N–H and O–H groups in total. The van der Waals surface area contributed by atoms with Gasteiger partial charge in [0.2, 0.25) is 0 Å². The van der Waals surface area contributed by atoms with Gasteiger partial charge in [0, 0.05) is 13.9 Å². The van der Waals surface area contributed by atoms with Crippen molar-refractivity contribution in [3.63, 3.8) is 0 Å². The summed E-state index contributed by atoms with van der Waals surface area (Å²) in [5.74, 6) is -0.850. The highest BCUT2D eigenvalue weighted by molar-refractivity contribution is 9.10. The molecular formula is C13H9BrN2O5S2. The van der Waals surface area contributed by atoms with Crippen molar-refractivity contribution in [2.24, 2.45) is 0 Å². The number of hydrogen-bond donors (Lipinski definition) is 1. The molecule has 1 heterocycles.